The molecule has 0 radical (unpaired) electrons. The first-order valence-corrected chi connectivity index (χ1v) is 6.15. The first kappa shape index (κ1) is 15.8. The highest BCUT2D eigenvalue weighted by molar-refractivity contribution is 8.02. The van der Waals surface area contributed by atoms with E-state index in [0.29, 0.717) is 0 Å². The third-order valence-electron chi connectivity index (χ3n) is 1.81. The van der Waals surface area contributed by atoms with Crippen molar-refractivity contribution in [2.75, 3.05) is 12.8 Å². The molecule has 1 atom stereocenters. The maximum atomic E-state index is 11.7. The summed E-state index contributed by atoms with van der Waals surface area (Å²) in [4.78, 5) is 23.8. The largest absolute Gasteiger partial charge is 0.480 e. The quantitative estimate of drug-likeness (QED) is 0.821. The summed E-state index contributed by atoms with van der Waals surface area (Å²) >= 11 is 1.24. The summed E-state index contributed by atoms with van der Waals surface area (Å²) in [6.45, 7) is 8.68. The lowest BCUT2D eigenvalue weighted by molar-refractivity contribution is -0.141. The van der Waals surface area contributed by atoms with E-state index < -0.39 is 23.7 Å². The molecule has 0 rings (SSSR count). The summed E-state index contributed by atoms with van der Waals surface area (Å²) in [5, 5.41) is 10.6. The SMILES string of the molecule is C=CSC[C@@H](C(=O)O)N(C)C(=O)OC(C)(C)C. The Balaban J connectivity index is 4.60. The molecule has 5 nitrogen and oxygen atoms in total. The third-order valence-corrected chi connectivity index (χ3v) is 2.55. The van der Waals surface area contributed by atoms with Crippen molar-refractivity contribution in [1.29, 1.82) is 0 Å². The molecule has 0 heterocycles. The van der Waals surface area contributed by atoms with Crippen molar-refractivity contribution in [2.24, 2.45) is 0 Å². The molecule has 0 saturated heterocycles. The van der Waals surface area contributed by atoms with Crippen molar-refractivity contribution in [2.45, 2.75) is 32.4 Å². The first-order chi connectivity index (χ1) is 7.69. The summed E-state index contributed by atoms with van der Waals surface area (Å²) in [5.74, 6) is -0.818. The van der Waals surface area contributed by atoms with Gasteiger partial charge in [0.05, 0.1) is 0 Å². The van der Waals surface area contributed by atoms with Gasteiger partial charge in [0.1, 0.15) is 11.6 Å². The van der Waals surface area contributed by atoms with Crippen LogP contribution in [0.3, 0.4) is 0 Å². The number of carboxylic acid groups (broad SMARTS) is 1. The van der Waals surface area contributed by atoms with Crippen molar-refractivity contribution in [3.63, 3.8) is 0 Å². The van der Waals surface area contributed by atoms with Crippen LogP contribution in [0.5, 0.6) is 0 Å². The zero-order chi connectivity index (χ0) is 13.6. The minimum atomic E-state index is -1.06. The average Bonchev–Trinajstić information content (AvgIpc) is 2.14. The topological polar surface area (TPSA) is 66.8 Å². The molecule has 0 aliphatic heterocycles. The minimum Gasteiger partial charge on any atom is -0.480 e. The van der Waals surface area contributed by atoms with Gasteiger partial charge in [-0.2, -0.15) is 0 Å². The molecule has 0 aromatic heterocycles. The molecule has 0 fully saturated rings. The van der Waals surface area contributed by atoms with E-state index in [0.717, 1.165) is 4.90 Å². The summed E-state index contributed by atoms with van der Waals surface area (Å²) in [5.41, 5.74) is -0.639. The fraction of sp³-hybridized carbons (Fsp3) is 0.636. The summed E-state index contributed by atoms with van der Waals surface area (Å²) in [6.07, 6.45) is -0.644. The number of likely N-dealkylation sites (N-methyl/N-ethyl adjacent to an activating group) is 1. The van der Waals surface area contributed by atoms with Gasteiger partial charge in [0, 0.05) is 12.8 Å². The molecule has 1 amide bonds. The highest BCUT2D eigenvalue weighted by Gasteiger charge is 2.29. The Labute approximate surface area is 106 Å². The van der Waals surface area contributed by atoms with Crippen LogP contribution in [0.25, 0.3) is 0 Å². The van der Waals surface area contributed by atoms with Crippen LogP contribution in [0.2, 0.25) is 0 Å². The van der Waals surface area contributed by atoms with Crippen LogP contribution in [0.15, 0.2) is 12.0 Å². The van der Waals surface area contributed by atoms with E-state index in [1.54, 1.807) is 26.2 Å². The molecule has 0 saturated carbocycles. The smallest absolute Gasteiger partial charge is 0.410 e. The van der Waals surface area contributed by atoms with Crippen molar-refractivity contribution in [3.8, 4) is 0 Å². The second kappa shape index (κ2) is 6.54. The number of ether oxygens (including phenoxy) is 1. The lowest BCUT2D eigenvalue weighted by atomic mass is 10.2. The van der Waals surface area contributed by atoms with Crippen LogP contribution in [0.1, 0.15) is 20.8 Å². The molecule has 17 heavy (non-hydrogen) atoms. The zero-order valence-corrected chi connectivity index (χ0v) is 11.4. The van der Waals surface area contributed by atoms with Gasteiger partial charge < -0.3 is 9.84 Å². The number of carbonyl (C=O) groups is 2. The molecule has 0 aliphatic rings. The second-order valence-corrected chi connectivity index (χ2v) is 5.45. The first-order valence-electron chi connectivity index (χ1n) is 5.10. The predicted octanol–water partition coefficient (Wildman–Crippen LogP) is 2.18. The maximum Gasteiger partial charge on any atom is 0.410 e. The number of carboxylic acids is 1. The van der Waals surface area contributed by atoms with Crippen molar-refractivity contribution in [3.05, 3.63) is 12.0 Å². The normalized spacial score (nSPS) is 12.7. The zero-order valence-electron chi connectivity index (χ0n) is 10.6. The Hall–Kier alpha value is -1.17. The van der Waals surface area contributed by atoms with E-state index >= 15 is 0 Å². The van der Waals surface area contributed by atoms with Crippen LogP contribution >= 0.6 is 11.8 Å². The fourth-order valence-corrected chi connectivity index (χ4v) is 1.65. The van der Waals surface area contributed by atoms with Gasteiger partial charge >= 0.3 is 12.1 Å². The van der Waals surface area contributed by atoms with Crippen molar-refractivity contribution in [1.82, 2.24) is 4.90 Å². The summed E-state index contributed by atoms with van der Waals surface area (Å²) in [7, 11) is 1.41. The molecule has 0 spiro atoms. The summed E-state index contributed by atoms with van der Waals surface area (Å²) in [6, 6.07) is -0.923. The van der Waals surface area contributed by atoms with E-state index in [1.807, 2.05) is 0 Å². The van der Waals surface area contributed by atoms with Gasteiger partial charge in [0.25, 0.3) is 0 Å². The van der Waals surface area contributed by atoms with Crippen LogP contribution in [0, 0.1) is 0 Å². The van der Waals surface area contributed by atoms with E-state index in [9.17, 15) is 9.59 Å². The summed E-state index contributed by atoms with van der Waals surface area (Å²) < 4.78 is 5.10. The van der Waals surface area contributed by atoms with Gasteiger partial charge in [-0.05, 0) is 26.2 Å². The van der Waals surface area contributed by atoms with Crippen LogP contribution in [0.4, 0.5) is 4.79 Å². The molecule has 0 aliphatic carbocycles. The number of amides is 1. The lowest BCUT2D eigenvalue weighted by Crippen LogP contribution is -2.46. The maximum absolute atomic E-state index is 11.7. The van der Waals surface area contributed by atoms with E-state index in [4.69, 9.17) is 9.84 Å². The number of hydrogen-bond donors (Lipinski definition) is 1. The molecular weight excluding hydrogens is 242 g/mol. The number of thioether (sulfide) groups is 1. The van der Waals surface area contributed by atoms with Crippen LogP contribution < -0.4 is 0 Å². The number of aliphatic carboxylic acids is 1. The second-order valence-electron chi connectivity index (χ2n) is 4.45. The number of nitrogens with zero attached hydrogens (tertiary/aromatic N) is 1. The van der Waals surface area contributed by atoms with E-state index in [-0.39, 0.29) is 5.75 Å². The monoisotopic (exact) mass is 261 g/mol. The van der Waals surface area contributed by atoms with Gasteiger partial charge in [0.2, 0.25) is 0 Å². The molecule has 6 heteroatoms. The molecular formula is C11H19NO4S. The standard InChI is InChI=1S/C11H19NO4S/c1-6-17-7-8(9(13)14)12(5)10(15)16-11(2,3)4/h6,8H,1,7H2,2-5H3,(H,13,14)/t8-/m0/s1. The molecule has 0 aromatic carbocycles. The van der Waals surface area contributed by atoms with E-state index in [2.05, 4.69) is 6.58 Å². The molecule has 0 unspecified atom stereocenters. The Morgan fingerprint density at radius 3 is 2.41 bits per heavy atom. The molecule has 0 bridgehead atoms. The average molecular weight is 261 g/mol. The number of rotatable bonds is 5. The number of carbonyl (C=O) groups excluding carboxylic acids is 1. The van der Waals surface area contributed by atoms with Gasteiger partial charge in [-0.15, -0.1) is 11.8 Å². The van der Waals surface area contributed by atoms with Crippen molar-refractivity contribution < 1.29 is 19.4 Å². The van der Waals surface area contributed by atoms with Gasteiger partial charge in [0.15, 0.2) is 0 Å². The highest BCUT2D eigenvalue weighted by Crippen LogP contribution is 2.13. The fourth-order valence-electron chi connectivity index (χ4n) is 0.969. The van der Waals surface area contributed by atoms with Gasteiger partial charge in [-0.1, -0.05) is 6.58 Å². The van der Waals surface area contributed by atoms with Crippen LogP contribution in [-0.4, -0.2) is 46.5 Å². The number of hydrogen-bond acceptors (Lipinski definition) is 4. The highest BCUT2D eigenvalue weighted by atomic mass is 32.2. The Morgan fingerprint density at radius 2 is 2.06 bits per heavy atom. The van der Waals surface area contributed by atoms with Gasteiger partial charge in [-0.3, -0.25) is 4.90 Å². The van der Waals surface area contributed by atoms with Crippen LogP contribution in [-0.2, 0) is 9.53 Å². The molecule has 0 aromatic rings. The third kappa shape index (κ3) is 6.21. The Kier molecular flexibility index (Phi) is 6.09. The Bertz CT molecular complexity index is 298. The van der Waals surface area contributed by atoms with Gasteiger partial charge in [-0.25, -0.2) is 9.59 Å². The Morgan fingerprint density at radius 1 is 1.53 bits per heavy atom. The van der Waals surface area contributed by atoms with Crippen molar-refractivity contribution >= 4 is 23.8 Å². The minimum absolute atomic E-state index is 0.245. The predicted molar refractivity (Wildman–Crippen MR) is 68.1 cm³/mol. The molecule has 1 N–H and O–H groups in total. The molecule has 98 valence electrons. The lowest BCUT2D eigenvalue weighted by Gasteiger charge is -2.28. The van der Waals surface area contributed by atoms with E-state index in [1.165, 1.54) is 18.8 Å².